The first-order valence-electron chi connectivity index (χ1n) is 4.45. The predicted octanol–water partition coefficient (Wildman–Crippen LogP) is -0.141. The minimum Gasteiger partial charge on any atom is -0.355 e. The van der Waals surface area contributed by atoms with Gasteiger partial charge in [-0.25, -0.2) is 0 Å². The molecule has 82 valence electrons. The van der Waals surface area contributed by atoms with Crippen LogP contribution in [0.3, 0.4) is 0 Å². The van der Waals surface area contributed by atoms with Crippen LogP contribution in [0.5, 0.6) is 0 Å². The summed E-state index contributed by atoms with van der Waals surface area (Å²) in [4.78, 5) is 22.1. The van der Waals surface area contributed by atoms with Gasteiger partial charge < -0.3 is 10.6 Å². The van der Waals surface area contributed by atoms with Gasteiger partial charge in [-0.3, -0.25) is 9.59 Å². The van der Waals surface area contributed by atoms with E-state index in [1.807, 2.05) is 0 Å². The Kier molecular flexibility index (Phi) is 8.97. The van der Waals surface area contributed by atoms with E-state index in [4.69, 9.17) is 0 Å². The van der Waals surface area contributed by atoms with Crippen LogP contribution in [0.1, 0.15) is 12.8 Å². The Morgan fingerprint density at radius 3 is 1.50 bits per heavy atom. The maximum absolute atomic E-state index is 11.0. The van der Waals surface area contributed by atoms with Crippen LogP contribution < -0.4 is 10.6 Å². The lowest BCUT2D eigenvalue weighted by atomic mass is 10.3. The summed E-state index contributed by atoms with van der Waals surface area (Å²) < 4.78 is 0. The molecule has 0 aliphatic carbocycles. The SMILES string of the molecule is O=C(CCC(=O)NCCS)NCCS. The minimum absolute atomic E-state index is 0.111. The number of hydrogen-bond donors (Lipinski definition) is 4. The van der Waals surface area contributed by atoms with E-state index in [-0.39, 0.29) is 24.7 Å². The number of rotatable bonds is 7. The van der Waals surface area contributed by atoms with Crippen molar-refractivity contribution in [2.24, 2.45) is 0 Å². The predicted molar refractivity (Wildman–Crippen MR) is 63.0 cm³/mol. The molecule has 2 N–H and O–H groups in total. The van der Waals surface area contributed by atoms with Crippen molar-refractivity contribution in [3.8, 4) is 0 Å². The summed E-state index contributed by atoms with van der Waals surface area (Å²) in [6.07, 6.45) is 0.457. The molecule has 0 aliphatic rings. The van der Waals surface area contributed by atoms with Crippen LogP contribution in [0.15, 0.2) is 0 Å². The molecule has 0 saturated carbocycles. The minimum atomic E-state index is -0.111. The van der Waals surface area contributed by atoms with Crippen LogP contribution in [0.25, 0.3) is 0 Å². The number of amides is 2. The van der Waals surface area contributed by atoms with Gasteiger partial charge in [-0.05, 0) is 0 Å². The summed E-state index contributed by atoms with van der Waals surface area (Å²) in [5.74, 6) is 0.995. The van der Waals surface area contributed by atoms with Crippen LogP contribution in [0.4, 0.5) is 0 Å². The van der Waals surface area contributed by atoms with Crippen LogP contribution >= 0.6 is 25.3 Å². The average Bonchev–Trinajstić information content (AvgIpc) is 2.20. The van der Waals surface area contributed by atoms with Crippen molar-refractivity contribution in [3.05, 3.63) is 0 Å². The number of nitrogens with one attached hydrogen (secondary N) is 2. The zero-order valence-corrected chi connectivity index (χ0v) is 9.74. The Labute approximate surface area is 95.0 Å². The zero-order chi connectivity index (χ0) is 10.8. The number of thiol groups is 2. The molecule has 0 unspecified atom stereocenters. The Bertz CT molecular complexity index is 168. The van der Waals surface area contributed by atoms with Crippen molar-refractivity contribution >= 4 is 37.1 Å². The fourth-order valence-electron chi connectivity index (χ4n) is 0.794. The lowest BCUT2D eigenvalue weighted by Crippen LogP contribution is -2.29. The van der Waals surface area contributed by atoms with Gasteiger partial charge in [-0.15, -0.1) is 0 Å². The molecule has 0 heterocycles. The van der Waals surface area contributed by atoms with E-state index in [2.05, 4.69) is 35.9 Å². The molecule has 6 heteroatoms. The van der Waals surface area contributed by atoms with E-state index in [9.17, 15) is 9.59 Å². The van der Waals surface area contributed by atoms with E-state index in [0.717, 1.165) is 0 Å². The first-order valence-corrected chi connectivity index (χ1v) is 5.72. The summed E-state index contributed by atoms with van der Waals surface area (Å²) in [5, 5.41) is 5.27. The van der Waals surface area contributed by atoms with Gasteiger partial charge in [0.1, 0.15) is 0 Å². The molecule has 0 saturated heterocycles. The monoisotopic (exact) mass is 236 g/mol. The van der Waals surface area contributed by atoms with Crippen LogP contribution in [0, 0.1) is 0 Å². The van der Waals surface area contributed by atoms with Gasteiger partial charge in [-0.2, -0.15) is 25.3 Å². The van der Waals surface area contributed by atoms with Crippen molar-refractivity contribution in [2.75, 3.05) is 24.6 Å². The Balaban J connectivity index is 3.41. The summed E-state index contributed by atoms with van der Waals surface area (Å²) >= 11 is 7.90. The fourth-order valence-corrected chi connectivity index (χ4v) is 1.02. The van der Waals surface area contributed by atoms with Crippen molar-refractivity contribution < 1.29 is 9.59 Å². The Hall–Kier alpha value is -0.360. The van der Waals surface area contributed by atoms with Gasteiger partial charge in [0.05, 0.1) is 0 Å². The Morgan fingerprint density at radius 2 is 1.21 bits per heavy atom. The highest BCUT2D eigenvalue weighted by Crippen LogP contribution is 1.89. The van der Waals surface area contributed by atoms with Gasteiger partial charge in [0.2, 0.25) is 11.8 Å². The molecule has 0 radical (unpaired) electrons. The lowest BCUT2D eigenvalue weighted by Gasteiger charge is -2.03. The maximum Gasteiger partial charge on any atom is 0.220 e. The molecule has 0 aromatic heterocycles. The highest BCUT2D eigenvalue weighted by Gasteiger charge is 2.04. The summed E-state index contributed by atoms with van der Waals surface area (Å²) in [6.45, 7) is 1.08. The van der Waals surface area contributed by atoms with Crippen molar-refractivity contribution in [3.63, 3.8) is 0 Å². The van der Waals surface area contributed by atoms with Gasteiger partial charge in [-0.1, -0.05) is 0 Å². The van der Waals surface area contributed by atoms with Crippen molar-refractivity contribution in [2.45, 2.75) is 12.8 Å². The molecule has 0 spiro atoms. The van der Waals surface area contributed by atoms with Gasteiger partial charge in [0.15, 0.2) is 0 Å². The molecular formula is C8H16N2O2S2. The van der Waals surface area contributed by atoms with Crippen LogP contribution in [-0.4, -0.2) is 36.4 Å². The second-order valence-corrected chi connectivity index (χ2v) is 3.54. The van der Waals surface area contributed by atoms with E-state index < -0.39 is 0 Å². The lowest BCUT2D eigenvalue weighted by molar-refractivity contribution is -0.126. The first-order chi connectivity index (χ1) is 6.70. The standard InChI is InChI=1S/C8H16N2O2S2/c11-7(9-3-5-13)1-2-8(12)10-4-6-14/h13-14H,1-6H2,(H,9,11)(H,10,12). The molecule has 0 aromatic rings. The zero-order valence-electron chi connectivity index (χ0n) is 7.95. The van der Waals surface area contributed by atoms with Crippen molar-refractivity contribution in [1.29, 1.82) is 0 Å². The fraction of sp³-hybridized carbons (Fsp3) is 0.750. The largest absolute Gasteiger partial charge is 0.355 e. The second kappa shape index (κ2) is 9.21. The molecule has 4 nitrogen and oxygen atoms in total. The van der Waals surface area contributed by atoms with Gasteiger partial charge in [0.25, 0.3) is 0 Å². The van der Waals surface area contributed by atoms with Crippen molar-refractivity contribution in [1.82, 2.24) is 10.6 Å². The van der Waals surface area contributed by atoms with Crippen LogP contribution in [0.2, 0.25) is 0 Å². The smallest absolute Gasteiger partial charge is 0.220 e. The van der Waals surface area contributed by atoms with Crippen LogP contribution in [-0.2, 0) is 9.59 Å². The van der Waals surface area contributed by atoms with E-state index in [1.54, 1.807) is 0 Å². The quantitative estimate of drug-likeness (QED) is 0.465. The molecule has 2 amide bonds. The normalized spacial score (nSPS) is 9.57. The third-order valence-electron chi connectivity index (χ3n) is 1.45. The molecule has 0 aliphatic heterocycles. The Morgan fingerprint density at radius 1 is 0.857 bits per heavy atom. The highest BCUT2D eigenvalue weighted by molar-refractivity contribution is 7.80. The summed E-state index contributed by atoms with van der Waals surface area (Å²) in [7, 11) is 0. The number of carbonyl (C=O) groups is 2. The van der Waals surface area contributed by atoms with Gasteiger partial charge in [0, 0.05) is 37.4 Å². The topological polar surface area (TPSA) is 58.2 Å². The number of carbonyl (C=O) groups excluding carboxylic acids is 2. The second-order valence-electron chi connectivity index (χ2n) is 2.65. The first kappa shape index (κ1) is 13.6. The highest BCUT2D eigenvalue weighted by atomic mass is 32.1. The number of hydrogen-bond acceptors (Lipinski definition) is 4. The van der Waals surface area contributed by atoms with E-state index in [1.165, 1.54) is 0 Å². The molecule has 0 rings (SSSR count). The van der Waals surface area contributed by atoms with E-state index in [0.29, 0.717) is 24.6 Å². The molecule has 0 atom stereocenters. The molecular weight excluding hydrogens is 220 g/mol. The van der Waals surface area contributed by atoms with Gasteiger partial charge >= 0.3 is 0 Å². The third kappa shape index (κ3) is 8.25. The molecule has 0 aromatic carbocycles. The van der Waals surface area contributed by atoms with E-state index >= 15 is 0 Å². The summed E-state index contributed by atoms with van der Waals surface area (Å²) in [6, 6.07) is 0. The molecule has 0 fully saturated rings. The maximum atomic E-state index is 11.0. The average molecular weight is 236 g/mol. The third-order valence-corrected chi connectivity index (χ3v) is 1.89. The molecule has 0 bridgehead atoms. The molecule has 14 heavy (non-hydrogen) atoms. The summed E-state index contributed by atoms with van der Waals surface area (Å²) in [5.41, 5.74) is 0.